The molecule has 5 rings (SSSR count). The summed E-state index contributed by atoms with van der Waals surface area (Å²) in [5.74, 6) is 0. The van der Waals surface area contributed by atoms with Crippen LogP contribution in [-0.2, 0) is 0 Å². The minimum absolute atomic E-state index is 0.158. The zero-order valence-electron chi connectivity index (χ0n) is 16.8. The smallest absolute Gasteiger partial charge is 0.0801 e. The summed E-state index contributed by atoms with van der Waals surface area (Å²) in [4.78, 5) is 13.4. The molecule has 2 aromatic heterocycles. The van der Waals surface area contributed by atoms with Crippen molar-refractivity contribution in [1.29, 1.82) is 0 Å². The molecule has 1 saturated heterocycles. The van der Waals surface area contributed by atoms with E-state index < -0.39 is 0 Å². The number of hydrogen-bond acceptors (Lipinski definition) is 3. The molecular weight excluding hydrogens is 356 g/mol. The van der Waals surface area contributed by atoms with Gasteiger partial charge in [-0.25, -0.2) is 0 Å². The summed E-state index contributed by atoms with van der Waals surface area (Å²) in [6, 6.07) is 25.7. The van der Waals surface area contributed by atoms with Crippen LogP contribution in [0.3, 0.4) is 0 Å². The number of hydrogen-bond donors (Lipinski definition) is 1. The Bertz CT molecular complexity index is 1080. The molecule has 1 aliphatic rings. The first-order chi connectivity index (χ1) is 14.3. The van der Waals surface area contributed by atoms with Crippen molar-refractivity contribution in [1.82, 2.24) is 14.9 Å². The van der Waals surface area contributed by atoms with Gasteiger partial charge in [0.25, 0.3) is 0 Å². The Balaban J connectivity index is 1.50. The van der Waals surface area contributed by atoms with Crippen molar-refractivity contribution in [3.8, 4) is 0 Å². The average Bonchev–Trinajstić information content (AvgIpc) is 3.12. The molecule has 1 fully saturated rings. The SMILES string of the molecule is Cc1[nH]c2ccccc2c1[C@H](c1ccccn1)N1CCN(c2ccccc2)CC1. The van der Waals surface area contributed by atoms with Crippen LogP contribution in [0.5, 0.6) is 0 Å². The molecule has 4 heteroatoms. The molecule has 1 aliphatic heterocycles. The fraction of sp³-hybridized carbons (Fsp3) is 0.240. The Labute approximate surface area is 171 Å². The third-order valence-electron chi connectivity index (χ3n) is 5.99. The Morgan fingerprint density at radius 2 is 1.55 bits per heavy atom. The number of piperazine rings is 1. The van der Waals surface area contributed by atoms with Crippen molar-refractivity contribution in [2.24, 2.45) is 0 Å². The zero-order chi connectivity index (χ0) is 19.6. The highest BCUT2D eigenvalue weighted by atomic mass is 15.3. The summed E-state index contributed by atoms with van der Waals surface area (Å²) in [6.07, 6.45) is 1.91. The molecule has 2 aromatic carbocycles. The lowest BCUT2D eigenvalue weighted by Crippen LogP contribution is -2.48. The second-order valence-corrected chi connectivity index (χ2v) is 7.72. The summed E-state index contributed by atoms with van der Waals surface area (Å²) in [6.45, 7) is 6.25. The Kier molecular flexibility index (Phi) is 4.78. The number of nitrogens with one attached hydrogen (secondary N) is 1. The number of anilines is 1. The van der Waals surface area contributed by atoms with Gasteiger partial charge in [-0.3, -0.25) is 9.88 Å². The van der Waals surface area contributed by atoms with Crippen molar-refractivity contribution < 1.29 is 0 Å². The van der Waals surface area contributed by atoms with E-state index in [1.165, 1.54) is 27.8 Å². The predicted octanol–water partition coefficient (Wildman–Crippen LogP) is 4.78. The standard InChI is InChI=1S/C25H26N4/c1-19-24(21-11-5-6-12-22(21)27-19)25(23-13-7-8-14-26-23)29-17-15-28(16-18-29)20-9-3-2-4-10-20/h2-14,25,27H,15-18H2,1H3/t25-/m0/s1. The number of pyridine rings is 1. The Hall–Kier alpha value is -3.11. The molecule has 4 aromatic rings. The van der Waals surface area contributed by atoms with Crippen molar-refractivity contribution in [2.45, 2.75) is 13.0 Å². The van der Waals surface area contributed by atoms with Gasteiger partial charge in [-0.2, -0.15) is 0 Å². The van der Waals surface area contributed by atoms with Crippen LogP contribution < -0.4 is 4.90 Å². The second kappa shape index (κ2) is 7.72. The first kappa shape index (κ1) is 18.0. The van der Waals surface area contributed by atoms with Crippen molar-refractivity contribution in [3.63, 3.8) is 0 Å². The van der Waals surface area contributed by atoms with E-state index in [0.29, 0.717) is 0 Å². The molecule has 0 radical (unpaired) electrons. The summed E-state index contributed by atoms with van der Waals surface area (Å²) >= 11 is 0. The largest absolute Gasteiger partial charge is 0.369 e. The highest BCUT2D eigenvalue weighted by Crippen LogP contribution is 2.36. The molecular formula is C25H26N4. The molecule has 4 nitrogen and oxygen atoms in total. The van der Waals surface area contributed by atoms with E-state index in [0.717, 1.165) is 31.9 Å². The normalized spacial score (nSPS) is 16.2. The van der Waals surface area contributed by atoms with Gasteiger partial charge in [-0.15, -0.1) is 0 Å². The zero-order valence-corrected chi connectivity index (χ0v) is 16.8. The Morgan fingerprint density at radius 3 is 2.31 bits per heavy atom. The molecule has 0 bridgehead atoms. The maximum atomic E-state index is 4.77. The maximum absolute atomic E-state index is 4.77. The van der Waals surface area contributed by atoms with Crippen LogP contribution in [0.4, 0.5) is 5.69 Å². The summed E-state index contributed by atoms with van der Waals surface area (Å²) < 4.78 is 0. The lowest BCUT2D eigenvalue weighted by molar-refractivity contribution is 0.209. The number of aryl methyl sites for hydroxylation is 1. The van der Waals surface area contributed by atoms with Gasteiger partial charge in [0.15, 0.2) is 0 Å². The molecule has 0 unspecified atom stereocenters. The fourth-order valence-electron chi connectivity index (χ4n) is 4.58. The van der Waals surface area contributed by atoms with Gasteiger partial charge in [0.1, 0.15) is 0 Å². The third-order valence-corrected chi connectivity index (χ3v) is 5.99. The molecule has 3 heterocycles. The number of rotatable bonds is 4. The van der Waals surface area contributed by atoms with Crippen molar-refractivity contribution in [2.75, 3.05) is 31.1 Å². The summed E-state index contributed by atoms with van der Waals surface area (Å²) in [7, 11) is 0. The van der Waals surface area contributed by atoms with E-state index in [2.05, 4.69) is 88.4 Å². The van der Waals surface area contributed by atoms with E-state index >= 15 is 0 Å². The number of aromatic nitrogens is 2. The second-order valence-electron chi connectivity index (χ2n) is 7.72. The lowest BCUT2D eigenvalue weighted by Gasteiger charge is -2.40. The van der Waals surface area contributed by atoms with Gasteiger partial charge in [0, 0.05) is 60.2 Å². The van der Waals surface area contributed by atoms with E-state index in [1.54, 1.807) is 0 Å². The van der Waals surface area contributed by atoms with Gasteiger partial charge < -0.3 is 9.88 Å². The van der Waals surface area contributed by atoms with Gasteiger partial charge in [-0.05, 0) is 37.3 Å². The number of benzene rings is 2. The quantitative estimate of drug-likeness (QED) is 0.551. The van der Waals surface area contributed by atoms with Crippen LogP contribution in [0.2, 0.25) is 0 Å². The topological polar surface area (TPSA) is 35.2 Å². The van der Waals surface area contributed by atoms with Crippen LogP contribution in [0.1, 0.15) is 23.0 Å². The first-order valence-electron chi connectivity index (χ1n) is 10.3. The number of fused-ring (bicyclic) bond motifs is 1. The number of aromatic amines is 1. The minimum Gasteiger partial charge on any atom is -0.369 e. The monoisotopic (exact) mass is 382 g/mol. The van der Waals surface area contributed by atoms with Crippen LogP contribution in [0, 0.1) is 6.92 Å². The van der Waals surface area contributed by atoms with Crippen LogP contribution in [0.25, 0.3) is 10.9 Å². The molecule has 0 saturated carbocycles. The molecule has 29 heavy (non-hydrogen) atoms. The number of nitrogens with zero attached hydrogens (tertiary/aromatic N) is 3. The Morgan fingerprint density at radius 1 is 0.828 bits per heavy atom. The number of H-pyrrole nitrogens is 1. The molecule has 1 N–H and O–H groups in total. The van der Waals surface area contributed by atoms with Crippen LogP contribution in [0.15, 0.2) is 79.0 Å². The average molecular weight is 383 g/mol. The lowest BCUT2D eigenvalue weighted by atomic mass is 9.97. The highest BCUT2D eigenvalue weighted by molar-refractivity contribution is 5.85. The number of para-hydroxylation sites is 2. The van der Waals surface area contributed by atoms with E-state index in [1.807, 2.05) is 12.3 Å². The van der Waals surface area contributed by atoms with Gasteiger partial charge in [-0.1, -0.05) is 42.5 Å². The first-order valence-corrected chi connectivity index (χ1v) is 10.3. The minimum atomic E-state index is 0.158. The molecule has 0 aliphatic carbocycles. The summed E-state index contributed by atoms with van der Waals surface area (Å²) in [5.41, 5.74) is 6.21. The van der Waals surface area contributed by atoms with Crippen LogP contribution >= 0.6 is 0 Å². The van der Waals surface area contributed by atoms with Gasteiger partial charge in [0.05, 0.1) is 11.7 Å². The highest BCUT2D eigenvalue weighted by Gasteiger charge is 2.30. The molecule has 0 spiro atoms. The maximum Gasteiger partial charge on any atom is 0.0801 e. The van der Waals surface area contributed by atoms with Gasteiger partial charge >= 0.3 is 0 Å². The van der Waals surface area contributed by atoms with E-state index in [-0.39, 0.29) is 6.04 Å². The fourth-order valence-corrected chi connectivity index (χ4v) is 4.58. The predicted molar refractivity (Wildman–Crippen MR) is 119 cm³/mol. The summed E-state index contributed by atoms with van der Waals surface area (Å²) in [5, 5.41) is 1.30. The third kappa shape index (κ3) is 3.40. The van der Waals surface area contributed by atoms with E-state index in [9.17, 15) is 0 Å². The molecule has 146 valence electrons. The molecule has 1 atom stereocenters. The van der Waals surface area contributed by atoms with Crippen molar-refractivity contribution in [3.05, 3.63) is 95.9 Å². The molecule has 0 amide bonds. The van der Waals surface area contributed by atoms with Crippen LogP contribution in [-0.4, -0.2) is 41.0 Å². The van der Waals surface area contributed by atoms with Crippen molar-refractivity contribution >= 4 is 16.6 Å². The van der Waals surface area contributed by atoms with Gasteiger partial charge in [0.2, 0.25) is 0 Å². The van der Waals surface area contributed by atoms with E-state index in [4.69, 9.17) is 4.98 Å².